The fourth-order valence-corrected chi connectivity index (χ4v) is 2.56. The number of hydrogen-bond acceptors (Lipinski definition) is 2. The zero-order valence-electron chi connectivity index (χ0n) is 7.29. The van der Waals surface area contributed by atoms with Crippen molar-refractivity contribution < 1.29 is 4.79 Å². The molecule has 0 aromatic heterocycles. The van der Waals surface area contributed by atoms with Crippen molar-refractivity contribution in [1.82, 2.24) is 0 Å². The van der Waals surface area contributed by atoms with Crippen LogP contribution in [0.3, 0.4) is 0 Å². The minimum absolute atomic E-state index is 0.219. The molecule has 12 heavy (non-hydrogen) atoms. The van der Waals surface area contributed by atoms with Gasteiger partial charge in [-0.15, -0.1) is 0 Å². The van der Waals surface area contributed by atoms with Crippen molar-refractivity contribution in [3.63, 3.8) is 0 Å². The summed E-state index contributed by atoms with van der Waals surface area (Å²) in [7, 11) is 0. The van der Waals surface area contributed by atoms with E-state index in [1.165, 1.54) is 12.0 Å². The summed E-state index contributed by atoms with van der Waals surface area (Å²) in [6.07, 6.45) is 3.96. The van der Waals surface area contributed by atoms with Gasteiger partial charge in [-0.25, -0.2) is 9.79 Å². The quantitative estimate of drug-likeness (QED) is 0.330. The second kappa shape index (κ2) is 2.56. The Labute approximate surface area is 72.4 Å². The third kappa shape index (κ3) is 0.881. The monoisotopic (exact) mass is 163 g/mol. The molecule has 0 radical (unpaired) electrons. The predicted octanol–water partition coefficient (Wildman–Crippen LogP) is 1.92. The van der Waals surface area contributed by atoms with Gasteiger partial charge >= 0.3 is 0 Å². The first-order valence-corrected chi connectivity index (χ1v) is 4.49. The Kier molecular flexibility index (Phi) is 1.66. The van der Waals surface area contributed by atoms with Gasteiger partial charge in [-0.05, 0) is 30.6 Å². The zero-order valence-corrected chi connectivity index (χ0v) is 7.29. The van der Waals surface area contributed by atoms with Gasteiger partial charge in [0.1, 0.15) is 0 Å². The van der Waals surface area contributed by atoms with Crippen LogP contribution in [-0.4, -0.2) is 12.1 Å². The molecule has 3 rings (SSSR count). The highest BCUT2D eigenvalue weighted by atomic mass is 16.1. The molecule has 3 saturated carbocycles. The highest BCUT2D eigenvalue weighted by Gasteiger charge is 2.46. The first-order valence-electron chi connectivity index (χ1n) is 4.49. The third-order valence-corrected chi connectivity index (χ3v) is 3.53. The second-order valence-electron chi connectivity index (χ2n) is 4.00. The molecule has 4 atom stereocenters. The average Bonchev–Trinajstić information content (AvgIpc) is 2.07. The fraction of sp³-hybridized carbons (Fsp3) is 0.700. The number of allylic oxidation sites excluding steroid dienone is 1. The number of rotatable bonds is 1. The Morgan fingerprint density at radius 1 is 1.58 bits per heavy atom. The first-order chi connectivity index (χ1) is 5.74. The summed E-state index contributed by atoms with van der Waals surface area (Å²) in [5, 5.41) is 0. The minimum atomic E-state index is 0.219. The molecule has 64 valence electrons. The molecule has 2 nitrogen and oxygen atoms in total. The van der Waals surface area contributed by atoms with Gasteiger partial charge in [-0.3, -0.25) is 0 Å². The largest absolute Gasteiger partial charge is 0.235 e. The summed E-state index contributed by atoms with van der Waals surface area (Å²) < 4.78 is 0. The topological polar surface area (TPSA) is 29.4 Å². The predicted molar refractivity (Wildman–Crippen MR) is 46.4 cm³/mol. The summed E-state index contributed by atoms with van der Waals surface area (Å²) in [4.78, 5) is 13.9. The van der Waals surface area contributed by atoms with Crippen molar-refractivity contribution in [3.05, 3.63) is 12.2 Å². The van der Waals surface area contributed by atoms with E-state index in [9.17, 15) is 4.79 Å². The molecular weight excluding hydrogens is 150 g/mol. The van der Waals surface area contributed by atoms with Crippen molar-refractivity contribution in [2.75, 3.05) is 0 Å². The summed E-state index contributed by atoms with van der Waals surface area (Å²) in [6.45, 7) is 6.21. The molecular formula is C10H13NO. The maximum atomic E-state index is 10.1. The molecule has 0 spiro atoms. The van der Waals surface area contributed by atoms with E-state index in [1.807, 2.05) is 0 Å². The lowest BCUT2D eigenvalue weighted by molar-refractivity contribution is 0.124. The molecule has 3 aliphatic carbocycles. The van der Waals surface area contributed by atoms with E-state index in [4.69, 9.17) is 0 Å². The Hall–Kier alpha value is -0.880. The molecule has 0 saturated heterocycles. The highest BCUT2D eigenvalue weighted by Crippen LogP contribution is 2.52. The molecule has 3 fully saturated rings. The molecule has 2 heteroatoms. The molecule has 0 unspecified atom stereocenters. The summed E-state index contributed by atoms with van der Waals surface area (Å²) in [5.41, 5.74) is 1.39. The molecule has 0 aromatic carbocycles. The lowest BCUT2D eigenvalue weighted by Gasteiger charge is -2.50. The van der Waals surface area contributed by atoms with Crippen LogP contribution < -0.4 is 0 Å². The molecule has 2 bridgehead atoms. The molecule has 0 aliphatic heterocycles. The smallest absolute Gasteiger partial charge is 0.211 e. The van der Waals surface area contributed by atoms with E-state index < -0.39 is 0 Å². The Bertz CT molecular complexity index is 265. The van der Waals surface area contributed by atoms with Crippen LogP contribution in [0, 0.1) is 17.8 Å². The number of hydrogen-bond donors (Lipinski definition) is 0. The van der Waals surface area contributed by atoms with Gasteiger partial charge < -0.3 is 0 Å². The van der Waals surface area contributed by atoms with E-state index in [0.29, 0.717) is 17.8 Å². The number of isocyanates is 1. The Morgan fingerprint density at radius 3 is 2.83 bits per heavy atom. The maximum absolute atomic E-state index is 10.1. The van der Waals surface area contributed by atoms with Gasteiger partial charge in [0.25, 0.3) is 0 Å². The van der Waals surface area contributed by atoms with Gasteiger partial charge in [0.05, 0.1) is 6.04 Å². The molecule has 0 amide bonds. The van der Waals surface area contributed by atoms with Gasteiger partial charge in [0.15, 0.2) is 0 Å². The summed E-state index contributed by atoms with van der Waals surface area (Å²) >= 11 is 0. The highest BCUT2D eigenvalue weighted by molar-refractivity contribution is 5.35. The Morgan fingerprint density at radius 2 is 2.33 bits per heavy atom. The minimum Gasteiger partial charge on any atom is -0.211 e. The fourth-order valence-electron chi connectivity index (χ4n) is 2.56. The summed E-state index contributed by atoms with van der Waals surface area (Å²) in [6, 6.07) is 0.219. The molecule has 0 N–H and O–H groups in total. The molecule has 3 aliphatic rings. The number of fused-ring (bicyclic) bond motifs is 2. The van der Waals surface area contributed by atoms with Crippen LogP contribution in [0.15, 0.2) is 17.1 Å². The number of aliphatic imine (C=N–C) groups is 1. The van der Waals surface area contributed by atoms with E-state index in [-0.39, 0.29) is 6.04 Å². The standard InChI is InChI=1S/C10H13NO/c1-6-8-3-9(6)7(2)10(4-8)11-5-12/h7-10H,1,3-4H2,2H3/t7-,8+,9+,10-/m1/s1. The lowest BCUT2D eigenvalue weighted by atomic mass is 9.56. The lowest BCUT2D eigenvalue weighted by Crippen LogP contribution is -2.44. The van der Waals surface area contributed by atoms with Gasteiger partial charge in [-0.1, -0.05) is 19.1 Å². The van der Waals surface area contributed by atoms with Crippen molar-refractivity contribution in [2.24, 2.45) is 22.7 Å². The van der Waals surface area contributed by atoms with Crippen LogP contribution in [0.5, 0.6) is 0 Å². The maximum Gasteiger partial charge on any atom is 0.235 e. The van der Waals surface area contributed by atoms with E-state index in [0.717, 1.165) is 6.42 Å². The van der Waals surface area contributed by atoms with Crippen LogP contribution in [0.1, 0.15) is 19.8 Å². The zero-order chi connectivity index (χ0) is 8.72. The van der Waals surface area contributed by atoms with Gasteiger partial charge in [0.2, 0.25) is 6.08 Å². The first kappa shape index (κ1) is 7.75. The van der Waals surface area contributed by atoms with E-state index in [1.54, 1.807) is 6.08 Å². The van der Waals surface area contributed by atoms with Crippen LogP contribution in [0.25, 0.3) is 0 Å². The van der Waals surface area contributed by atoms with Crippen molar-refractivity contribution in [2.45, 2.75) is 25.8 Å². The van der Waals surface area contributed by atoms with Crippen molar-refractivity contribution >= 4 is 6.08 Å². The van der Waals surface area contributed by atoms with E-state index in [2.05, 4.69) is 18.5 Å². The van der Waals surface area contributed by atoms with Crippen molar-refractivity contribution in [1.29, 1.82) is 0 Å². The second-order valence-corrected chi connectivity index (χ2v) is 4.00. The van der Waals surface area contributed by atoms with Crippen LogP contribution >= 0.6 is 0 Å². The van der Waals surface area contributed by atoms with Gasteiger partial charge in [-0.2, -0.15) is 0 Å². The SMILES string of the molecule is C=C1[C@@H]2C[C@@H](N=C=O)[C@H](C)[C@H]1C2. The van der Waals surface area contributed by atoms with Gasteiger partial charge in [0, 0.05) is 0 Å². The van der Waals surface area contributed by atoms with E-state index >= 15 is 0 Å². The number of nitrogens with zero attached hydrogens (tertiary/aromatic N) is 1. The average molecular weight is 163 g/mol. The van der Waals surface area contributed by atoms with Crippen molar-refractivity contribution in [3.8, 4) is 0 Å². The molecule has 0 heterocycles. The summed E-state index contributed by atoms with van der Waals surface area (Å²) in [5.74, 6) is 1.78. The van der Waals surface area contributed by atoms with Crippen LogP contribution in [0.4, 0.5) is 0 Å². The number of carbonyl (C=O) groups excluding carboxylic acids is 1. The normalized spacial score (nSPS) is 44.6. The molecule has 0 aromatic rings. The third-order valence-electron chi connectivity index (χ3n) is 3.53. The van der Waals surface area contributed by atoms with Crippen LogP contribution in [0.2, 0.25) is 0 Å². The Balaban J connectivity index is 2.14. The van der Waals surface area contributed by atoms with Crippen LogP contribution in [-0.2, 0) is 4.79 Å².